The fourth-order valence-electron chi connectivity index (χ4n) is 2.83. The Labute approximate surface area is 140 Å². The molecule has 1 amide bonds. The van der Waals surface area contributed by atoms with Crippen LogP contribution in [0.1, 0.15) is 25.0 Å². The second-order valence-electron chi connectivity index (χ2n) is 5.94. The van der Waals surface area contributed by atoms with Gasteiger partial charge in [0.2, 0.25) is 5.91 Å². The lowest BCUT2D eigenvalue weighted by atomic mass is 10.1. The van der Waals surface area contributed by atoms with E-state index in [2.05, 4.69) is 30.9 Å². The van der Waals surface area contributed by atoms with E-state index in [0.29, 0.717) is 30.6 Å². The number of nitrogens with zero attached hydrogens (tertiary/aromatic N) is 4. The van der Waals surface area contributed by atoms with Crippen LogP contribution in [0.15, 0.2) is 28.9 Å². The maximum Gasteiger partial charge on any atom is 0.226 e. The van der Waals surface area contributed by atoms with Crippen LogP contribution >= 0.6 is 0 Å². The Hall–Kier alpha value is -2.48. The highest BCUT2D eigenvalue weighted by Crippen LogP contribution is 2.16. The molecule has 2 aromatic heterocycles. The van der Waals surface area contributed by atoms with Gasteiger partial charge in [0.05, 0.1) is 0 Å². The van der Waals surface area contributed by atoms with Gasteiger partial charge >= 0.3 is 0 Å². The van der Waals surface area contributed by atoms with E-state index in [4.69, 9.17) is 4.52 Å². The van der Waals surface area contributed by atoms with E-state index < -0.39 is 0 Å². The summed E-state index contributed by atoms with van der Waals surface area (Å²) in [6.45, 7) is 4.28. The van der Waals surface area contributed by atoms with Gasteiger partial charge < -0.3 is 20.1 Å². The molecule has 2 aromatic rings. The van der Waals surface area contributed by atoms with Gasteiger partial charge in [0, 0.05) is 44.4 Å². The molecule has 8 nitrogen and oxygen atoms in total. The number of carbonyl (C=O) groups excluding carboxylic acids is 1. The van der Waals surface area contributed by atoms with Crippen LogP contribution in [0.4, 0.5) is 11.6 Å². The highest BCUT2D eigenvalue weighted by atomic mass is 16.5. The van der Waals surface area contributed by atoms with Crippen molar-refractivity contribution < 1.29 is 9.32 Å². The van der Waals surface area contributed by atoms with Crippen LogP contribution < -0.4 is 15.5 Å². The summed E-state index contributed by atoms with van der Waals surface area (Å²) >= 11 is 0. The van der Waals surface area contributed by atoms with Crippen molar-refractivity contribution in [2.45, 2.75) is 32.2 Å². The van der Waals surface area contributed by atoms with E-state index in [-0.39, 0.29) is 5.91 Å². The number of hydrogen-bond donors (Lipinski definition) is 2. The first-order valence-electron chi connectivity index (χ1n) is 8.20. The van der Waals surface area contributed by atoms with Crippen molar-refractivity contribution in [1.82, 2.24) is 20.7 Å². The molecule has 0 aromatic carbocycles. The third-order valence-corrected chi connectivity index (χ3v) is 3.98. The smallest absolute Gasteiger partial charge is 0.226 e. The van der Waals surface area contributed by atoms with Crippen LogP contribution in [0.3, 0.4) is 0 Å². The zero-order chi connectivity index (χ0) is 16.8. The van der Waals surface area contributed by atoms with Gasteiger partial charge in [-0.05, 0) is 31.9 Å². The van der Waals surface area contributed by atoms with E-state index in [1.54, 1.807) is 19.2 Å². The molecule has 1 saturated heterocycles. The summed E-state index contributed by atoms with van der Waals surface area (Å²) < 4.78 is 4.92. The number of aromatic nitrogens is 3. The molecule has 0 radical (unpaired) electrons. The molecule has 1 atom stereocenters. The number of aryl methyl sites for hydroxylation is 1. The summed E-state index contributed by atoms with van der Waals surface area (Å²) in [5.41, 5.74) is 0. The Morgan fingerprint density at radius 3 is 3.17 bits per heavy atom. The van der Waals surface area contributed by atoms with Gasteiger partial charge in [-0.2, -0.15) is 5.10 Å². The van der Waals surface area contributed by atoms with Crippen LogP contribution in [0.2, 0.25) is 0 Å². The van der Waals surface area contributed by atoms with Crippen molar-refractivity contribution in [1.29, 1.82) is 0 Å². The molecule has 0 aliphatic carbocycles. The third kappa shape index (κ3) is 4.51. The van der Waals surface area contributed by atoms with Crippen molar-refractivity contribution in [2.24, 2.45) is 0 Å². The number of piperidine rings is 1. The second kappa shape index (κ2) is 7.87. The number of carbonyl (C=O) groups is 1. The molecule has 0 bridgehead atoms. The summed E-state index contributed by atoms with van der Waals surface area (Å²) in [6, 6.07) is 5.92. The SMILES string of the molecule is Cc1cc(NC(=O)CCN[C@H]2CCCN(c3cccnn3)C2)no1. The normalized spacial score (nSPS) is 17.7. The molecule has 1 aliphatic heterocycles. The van der Waals surface area contributed by atoms with Crippen molar-refractivity contribution >= 4 is 17.5 Å². The molecule has 0 saturated carbocycles. The summed E-state index contributed by atoms with van der Waals surface area (Å²) in [4.78, 5) is 14.1. The van der Waals surface area contributed by atoms with E-state index in [1.165, 1.54) is 0 Å². The maximum atomic E-state index is 11.9. The average molecular weight is 330 g/mol. The number of nitrogens with one attached hydrogen (secondary N) is 2. The van der Waals surface area contributed by atoms with E-state index in [1.807, 2.05) is 12.1 Å². The van der Waals surface area contributed by atoms with E-state index in [9.17, 15) is 4.79 Å². The molecule has 3 rings (SSSR count). The minimum absolute atomic E-state index is 0.0719. The zero-order valence-electron chi connectivity index (χ0n) is 13.7. The minimum Gasteiger partial charge on any atom is -0.360 e. The fourth-order valence-corrected chi connectivity index (χ4v) is 2.83. The molecule has 3 heterocycles. The Morgan fingerprint density at radius 2 is 2.42 bits per heavy atom. The number of anilines is 2. The Morgan fingerprint density at radius 1 is 1.50 bits per heavy atom. The van der Waals surface area contributed by atoms with Gasteiger partial charge in [-0.3, -0.25) is 4.79 Å². The highest BCUT2D eigenvalue weighted by Gasteiger charge is 2.20. The third-order valence-electron chi connectivity index (χ3n) is 3.98. The monoisotopic (exact) mass is 330 g/mol. The molecular weight excluding hydrogens is 308 g/mol. The van der Waals surface area contributed by atoms with Crippen molar-refractivity contribution in [3.63, 3.8) is 0 Å². The van der Waals surface area contributed by atoms with E-state index in [0.717, 1.165) is 31.7 Å². The first kappa shape index (κ1) is 16.4. The summed E-state index contributed by atoms with van der Waals surface area (Å²) in [5.74, 6) is 1.97. The van der Waals surface area contributed by atoms with Crippen LogP contribution in [0, 0.1) is 6.92 Å². The molecule has 0 unspecified atom stereocenters. The fraction of sp³-hybridized carbons (Fsp3) is 0.500. The van der Waals surface area contributed by atoms with Gasteiger partial charge in [0.15, 0.2) is 11.6 Å². The average Bonchev–Trinajstić information content (AvgIpc) is 3.01. The molecule has 24 heavy (non-hydrogen) atoms. The molecule has 2 N–H and O–H groups in total. The van der Waals surface area contributed by atoms with Crippen LogP contribution in [0.25, 0.3) is 0 Å². The van der Waals surface area contributed by atoms with Crippen LogP contribution in [-0.2, 0) is 4.79 Å². The number of rotatable bonds is 6. The summed E-state index contributed by atoms with van der Waals surface area (Å²) in [7, 11) is 0. The van der Waals surface area contributed by atoms with Gasteiger partial charge in [0.25, 0.3) is 0 Å². The first-order chi connectivity index (χ1) is 11.7. The van der Waals surface area contributed by atoms with E-state index >= 15 is 0 Å². The first-order valence-corrected chi connectivity index (χ1v) is 8.20. The molecule has 0 spiro atoms. The number of amides is 1. The van der Waals surface area contributed by atoms with Gasteiger partial charge in [-0.25, -0.2) is 0 Å². The highest BCUT2D eigenvalue weighted by molar-refractivity contribution is 5.89. The minimum atomic E-state index is -0.0719. The second-order valence-corrected chi connectivity index (χ2v) is 5.94. The molecule has 8 heteroatoms. The van der Waals surface area contributed by atoms with Gasteiger partial charge in [0.1, 0.15) is 5.76 Å². The molecule has 1 fully saturated rings. The summed E-state index contributed by atoms with van der Waals surface area (Å²) in [5, 5.41) is 18.0. The Balaban J connectivity index is 1.40. The van der Waals surface area contributed by atoms with Crippen LogP contribution in [0.5, 0.6) is 0 Å². The topological polar surface area (TPSA) is 96.2 Å². The molecule has 1 aliphatic rings. The maximum absolute atomic E-state index is 11.9. The lowest BCUT2D eigenvalue weighted by molar-refractivity contribution is -0.116. The Bertz CT molecular complexity index is 660. The predicted molar refractivity (Wildman–Crippen MR) is 89.8 cm³/mol. The molecule has 128 valence electrons. The van der Waals surface area contributed by atoms with Gasteiger partial charge in [-0.15, -0.1) is 5.10 Å². The predicted octanol–water partition coefficient (Wildman–Crippen LogP) is 1.36. The lowest BCUT2D eigenvalue weighted by Crippen LogP contribution is -2.46. The van der Waals surface area contributed by atoms with Crippen molar-refractivity contribution in [2.75, 3.05) is 29.9 Å². The van der Waals surface area contributed by atoms with Gasteiger partial charge in [-0.1, -0.05) is 5.16 Å². The standard InChI is InChI=1S/C16H22N6O2/c1-12-10-14(21-24-12)19-16(23)6-8-17-13-4-3-9-22(11-13)15-5-2-7-18-20-15/h2,5,7,10,13,17H,3-4,6,8-9,11H2,1H3,(H,19,21,23)/t13-/m0/s1. The molecular formula is C16H22N6O2. The van der Waals surface area contributed by atoms with Crippen molar-refractivity contribution in [3.05, 3.63) is 30.2 Å². The van der Waals surface area contributed by atoms with Crippen molar-refractivity contribution in [3.8, 4) is 0 Å². The summed E-state index contributed by atoms with van der Waals surface area (Å²) in [6.07, 6.45) is 4.27. The zero-order valence-corrected chi connectivity index (χ0v) is 13.7. The quantitative estimate of drug-likeness (QED) is 0.825. The Kier molecular flexibility index (Phi) is 5.37. The largest absolute Gasteiger partial charge is 0.360 e. The van der Waals surface area contributed by atoms with Crippen LogP contribution in [-0.4, -0.2) is 46.9 Å². The number of hydrogen-bond acceptors (Lipinski definition) is 7. The lowest BCUT2D eigenvalue weighted by Gasteiger charge is -2.33.